The van der Waals surface area contributed by atoms with Gasteiger partial charge in [0.25, 0.3) is 0 Å². The summed E-state index contributed by atoms with van der Waals surface area (Å²) in [5.74, 6) is 2.34. The largest absolute Gasteiger partial charge is 0.490 e. The third-order valence-corrected chi connectivity index (χ3v) is 3.31. The summed E-state index contributed by atoms with van der Waals surface area (Å²) in [7, 11) is 0. The van der Waals surface area contributed by atoms with Gasteiger partial charge in [-0.2, -0.15) is 0 Å². The fourth-order valence-corrected chi connectivity index (χ4v) is 1.98. The van der Waals surface area contributed by atoms with E-state index in [0.29, 0.717) is 12.5 Å². The van der Waals surface area contributed by atoms with Crippen molar-refractivity contribution in [3.8, 4) is 11.5 Å². The first-order chi connectivity index (χ1) is 9.58. The molecule has 0 fully saturated rings. The SMILES string of the molecule is CCOc1cccc(CC(N)CC)c1OCCC(C)C. The Labute approximate surface area is 123 Å². The molecule has 0 aliphatic carbocycles. The monoisotopic (exact) mass is 279 g/mol. The summed E-state index contributed by atoms with van der Waals surface area (Å²) in [5.41, 5.74) is 7.23. The van der Waals surface area contributed by atoms with Crippen molar-refractivity contribution in [1.82, 2.24) is 0 Å². The van der Waals surface area contributed by atoms with Gasteiger partial charge in [-0.1, -0.05) is 32.9 Å². The predicted octanol–water partition coefficient (Wildman–Crippen LogP) is 3.79. The van der Waals surface area contributed by atoms with E-state index >= 15 is 0 Å². The van der Waals surface area contributed by atoms with Gasteiger partial charge < -0.3 is 15.2 Å². The van der Waals surface area contributed by atoms with E-state index in [9.17, 15) is 0 Å². The zero-order valence-corrected chi connectivity index (χ0v) is 13.3. The van der Waals surface area contributed by atoms with Gasteiger partial charge in [0.2, 0.25) is 0 Å². The summed E-state index contributed by atoms with van der Waals surface area (Å²) in [6.07, 6.45) is 2.83. The number of nitrogens with two attached hydrogens (primary N) is 1. The first-order valence-electron chi connectivity index (χ1n) is 7.71. The third kappa shape index (κ3) is 5.41. The summed E-state index contributed by atoms with van der Waals surface area (Å²) in [6, 6.07) is 6.23. The van der Waals surface area contributed by atoms with E-state index in [1.165, 1.54) is 0 Å². The lowest BCUT2D eigenvalue weighted by molar-refractivity contribution is 0.258. The van der Waals surface area contributed by atoms with Crippen LogP contribution in [0.1, 0.15) is 46.1 Å². The standard InChI is InChI=1S/C17H29NO2/c1-5-15(18)12-14-8-7-9-16(19-6-2)17(14)20-11-10-13(3)4/h7-9,13,15H,5-6,10-12,18H2,1-4H3. The van der Waals surface area contributed by atoms with E-state index in [0.717, 1.165) is 42.9 Å². The Morgan fingerprint density at radius 3 is 2.50 bits per heavy atom. The number of ether oxygens (including phenoxy) is 2. The molecule has 1 atom stereocenters. The van der Waals surface area contributed by atoms with Crippen molar-refractivity contribution in [1.29, 1.82) is 0 Å². The molecule has 20 heavy (non-hydrogen) atoms. The van der Waals surface area contributed by atoms with Gasteiger partial charge in [0.15, 0.2) is 11.5 Å². The highest BCUT2D eigenvalue weighted by atomic mass is 16.5. The highest BCUT2D eigenvalue weighted by molar-refractivity contribution is 5.47. The average Bonchev–Trinajstić information content (AvgIpc) is 2.41. The lowest BCUT2D eigenvalue weighted by Crippen LogP contribution is -2.22. The second-order valence-corrected chi connectivity index (χ2v) is 5.58. The molecule has 0 aliphatic rings. The van der Waals surface area contributed by atoms with Gasteiger partial charge in [0, 0.05) is 6.04 Å². The molecule has 1 aromatic carbocycles. The fraction of sp³-hybridized carbons (Fsp3) is 0.647. The Morgan fingerprint density at radius 1 is 1.15 bits per heavy atom. The Balaban J connectivity index is 2.87. The first-order valence-corrected chi connectivity index (χ1v) is 7.71. The molecule has 1 unspecified atom stereocenters. The predicted molar refractivity (Wildman–Crippen MR) is 84.5 cm³/mol. The molecule has 0 aliphatic heterocycles. The highest BCUT2D eigenvalue weighted by Crippen LogP contribution is 2.32. The number of hydrogen-bond acceptors (Lipinski definition) is 3. The minimum Gasteiger partial charge on any atom is -0.490 e. The maximum absolute atomic E-state index is 6.08. The zero-order chi connectivity index (χ0) is 15.0. The van der Waals surface area contributed by atoms with E-state index in [4.69, 9.17) is 15.2 Å². The normalized spacial score (nSPS) is 12.5. The third-order valence-electron chi connectivity index (χ3n) is 3.31. The van der Waals surface area contributed by atoms with Crippen LogP contribution >= 0.6 is 0 Å². The van der Waals surface area contributed by atoms with Crippen LogP contribution in [0.15, 0.2) is 18.2 Å². The van der Waals surface area contributed by atoms with Crippen molar-refractivity contribution in [2.45, 2.75) is 53.0 Å². The van der Waals surface area contributed by atoms with Crippen LogP contribution in [0.25, 0.3) is 0 Å². The molecule has 0 amide bonds. The smallest absolute Gasteiger partial charge is 0.164 e. The van der Waals surface area contributed by atoms with Gasteiger partial charge >= 0.3 is 0 Å². The van der Waals surface area contributed by atoms with Crippen LogP contribution < -0.4 is 15.2 Å². The second kappa shape index (κ2) is 8.85. The number of rotatable bonds is 9. The number of hydrogen-bond donors (Lipinski definition) is 1. The summed E-state index contributed by atoms with van der Waals surface area (Å²) < 4.78 is 11.7. The Kier molecular flexibility index (Phi) is 7.45. The average molecular weight is 279 g/mol. The van der Waals surface area contributed by atoms with Gasteiger partial charge in [0.05, 0.1) is 13.2 Å². The molecular formula is C17H29NO2. The minimum absolute atomic E-state index is 0.166. The van der Waals surface area contributed by atoms with Crippen LogP contribution in [0.4, 0.5) is 0 Å². The van der Waals surface area contributed by atoms with Crippen LogP contribution in [0.5, 0.6) is 11.5 Å². The van der Waals surface area contributed by atoms with Crippen LogP contribution in [0.2, 0.25) is 0 Å². The molecule has 0 saturated heterocycles. The van der Waals surface area contributed by atoms with Crippen LogP contribution in [-0.2, 0) is 6.42 Å². The molecule has 0 bridgehead atoms. The van der Waals surface area contributed by atoms with E-state index in [2.05, 4.69) is 26.8 Å². The van der Waals surface area contributed by atoms with Crippen molar-refractivity contribution in [3.63, 3.8) is 0 Å². The molecular weight excluding hydrogens is 250 g/mol. The van der Waals surface area contributed by atoms with E-state index in [1.54, 1.807) is 0 Å². The Morgan fingerprint density at radius 2 is 1.90 bits per heavy atom. The Bertz CT molecular complexity index is 391. The fourth-order valence-electron chi connectivity index (χ4n) is 1.98. The van der Waals surface area contributed by atoms with Crippen molar-refractivity contribution in [3.05, 3.63) is 23.8 Å². The number of benzene rings is 1. The van der Waals surface area contributed by atoms with Gasteiger partial charge in [-0.3, -0.25) is 0 Å². The van der Waals surface area contributed by atoms with Crippen LogP contribution in [0.3, 0.4) is 0 Å². The molecule has 1 aromatic rings. The maximum atomic E-state index is 6.08. The van der Waals surface area contributed by atoms with Crippen molar-refractivity contribution >= 4 is 0 Å². The van der Waals surface area contributed by atoms with Crippen LogP contribution in [-0.4, -0.2) is 19.3 Å². The topological polar surface area (TPSA) is 44.5 Å². The molecule has 0 saturated carbocycles. The first kappa shape index (κ1) is 16.8. The molecule has 114 valence electrons. The van der Waals surface area contributed by atoms with Crippen molar-refractivity contribution in [2.75, 3.05) is 13.2 Å². The summed E-state index contributed by atoms with van der Waals surface area (Å²) in [6.45, 7) is 9.86. The molecule has 0 spiro atoms. The highest BCUT2D eigenvalue weighted by Gasteiger charge is 2.13. The van der Waals surface area contributed by atoms with Gasteiger partial charge in [0.1, 0.15) is 0 Å². The quantitative estimate of drug-likeness (QED) is 0.748. The summed E-state index contributed by atoms with van der Waals surface area (Å²) in [5, 5.41) is 0. The van der Waals surface area contributed by atoms with E-state index < -0.39 is 0 Å². The molecule has 2 N–H and O–H groups in total. The molecule has 0 heterocycles. The molecule has 0 aromatic heterocycles. The van der Waals surface area contributed by atoms with E-state index in [-0.39, 0.29) is 6.04 Å². The summed E-state index contributed by atoms with van der Waals surface area (Å²) >= 11 is 0. The van der Waals surface area contributed by atoms with Crippen molar-refractivity contribution in [2.24, 2.45) is 11.7 Å². The minimum atomic E-state index is 0.166. The maximum Gasteiger partial charge on any atom is 0.164 e. The van der Waals surface area contributed by atoms with Crippen molar-refractivity contribution < 1.29 is 9.47 Å². The molecule has 3 heteroatoms. The second-order valence-electron chi connectivity index (χ2n) is 5.58. The lowest BCUT2D eigenvalue weighted by Gasteiger charge is -2.18. The van der Waals surface area contributed by atoms with Gasteiger partial charge in [-0.25, -0.2) is 0 Å². The summed E-state index contributed by atoms with van der Waals surface area (Å²) in [4.78, 5) is 0. The Hall–Kier alpha value is -1.22. The van der Waals surface area contributed by atoms with Crippen LogP contribution in [0, 0.1) is 5.92 Å². The van der Waals surface area contributed by atoms with E-state index in [1.807, 2.05) is 19.1 Å². The lowest BCUT2D eigenvalue weighted by atomic mass is 10.0. The molecule has 1 rings (SSSR count). The molecule has 0 radical (unpaired) electrons. The molecule has 3 nitrogen and oxygen atoms in total. The van der Waals surface area contributed by atoms with Gasteiger partial charge in [-0.05, 0) is 43.7 Å². The number of para-hydroxylation sites is 1. The van der Waals surface area contributed by atoms with Gasteiger partial charge in [-0.15, -0.1) is 0 Å². The zero-order valence-electron chi connectivity index (χ0n) is 13.3.